The van der Waals surface area contributed by atoms with E-state index in [0.717, 1.165) is 12.0 Å². The lowest BCUT2D eigenvalue weighted by Crippen LogP contribution is -1.69. The lowest BCUT2D eigenvalue weighted by molar-refractivity contribution is 0.729. The molecule has 0 amide bonds. The third kappa shape index (κ3) is 9.26. The smallest absolute Gasteiger partial charge is 0.0180 e. The number of hydrogen-bond donors (Lipinski definition) is 0. The van der Waals surface area contributed by atoms with E-state index in [4.69, 9.17) is 0 Å². The highest BCUT2D eigenvalue weighted by Gasteiger charge is 1.79. The quantitative estimate of drug-likeness (QED) is 0.317. The molecule has 0 aliphatic rings. The maximum atomic E-state index is 3.75. The van der Waals surface area contributed by atoms with Crippen LogP contribution in [0.4, 0.5) is 0 Å². The molecular formula is C11H18. The normalized spacial score (nSPS) is 8.55. The van der Waals surface area contributed by atoms with Gasteiger partial charge in [-0.05, 0) is 31.9 Å². The van der Waals surface area contributed by atoms with Crippen LogP contribution in [0.3, 0.4) is 0 Å². The van der Waals surface area contributed by atoms with E-state index in [0.29, 0.717) is 0 Å². The molecule has 0 aromatic rings. The molecule has 0 aliphatic carbocycles. The average Bonchev–Trinajstić information content (AvgIpc) is 1.96. The van der Waals surface area contributed by atoms with Crippen molar-refractivity contribution < 1.29 is 0 Å². The Morgan fingerprint density at radius 1 is 1.45 bits per heavy atom. The van der Waals surface area contributed by atoms with Crippen molar-refractivity contribution in [3.05, 3.63) is 30.0 Å². The van der Waals surface area contributed by atoms with E-state index in [2.05, 4.69) is 25.3 Å². The molecule has 0 N–H and O–H groups in total. The van der Waals surface area contributed by atoms with Crippen LogP contribution in [-0.2, 0) is 0 Å². The highest BCUT2D eigenvalue weighted by Crippen LogP contribution is 1.98. The first-order chi connectivity index (χ1) is 5.27. The zero-order chi connectivity index (χ0) is 8.53. The van der Waals surface area contributed by atoms with Gasteiger partial charge in [-0.15, -0.1) is 5.73 Å². The Morgan fingerprint density at radius 3 is 2.73 bits per heavy atom. The Hall–Kier alpha value is -0.740. The Labute approximate surface area is 70.3 Å². The number of rotatable bonds is 5. The Balaban J connectivity index is 3.36. The summed E-state index contributed by atoms with van der Waals surface area (Å²) in [4.78, 5) is 0. The molecule has 0 aromatic heterocycles. The third-order valence-electron chi connectivity index (χ3n) is 1.40. The van der Waals surface area contributed by atoms with Crippen molar-refractivity contribution in [2.24, 2.45) is 0 Å². The highest BCUT2D eigenvalue weighted by atomic mass is 13.8. The molecule has 11 heavy (non-hydrogen) atoms. The summed E-state index contributed by atoms with van der Waals surface area (Å²) in [6.45, 7) is 7.95. The molecule has 0 saturated carbocycles. The monoisotopic (exact) mass is 150 g/mol. The summed E-state index contributed by atoms with van der Waals surface area (Å²) in [6, 6.07) is 0. The Morgan fingerprint density at radius 2 is 2.18 bits per heavy atom. The van der Waals surface area contributed by atoms with E-state index in [9.17, 15) is 0 Å². The maximum Gasteiger partial charge on any atom is -0.0180 e. The van der Waals surface area contributed by atoms with Gasteiger partial charge < -0.3 is 0 Å². The summed E-state index contributed by atoms with van der Waals surface area (Å²) in [6.07, 6.45) is 9.06. The lowest BCUT2D eigenvalue weighted by atomic mass is 10.2. The molecular weight excluding hydrogens is 132 g/mol. The van der Waals surface area contributed by atoms with E-state index >= 15 is 0 Å². The Kier molecular flexibility index (Phi) is 6.87. The van der Waals surface area contributed by atoms with Crippen molar-refractivity contribution >= 4 is 0 Å². The second-order valence-corrected chi connectivity index (χ2v) is 2.86. The molecule has 62 valence electrons. The third-order valence-corrected chi connectivity index (χ3v) is 1.40. The molecule has 0 heterocycles. The molecule has 0 saturated heterocycles. The van der Waals surface area contributed by atoms with E-state index in [1.165, 1.54) is 19.3 Å². The van der Waals surface area contributed by atoms with E-state index in [-0.39, 0.29) is 0 Å². The molecule has 0 aromatic carbocycles. The van der Waals surface area contributed by atoms with Gasteiger partial charge in [-0.2, -0.15) is 0 Å². The largest absolute Gasteiger partial charge is 0.125 e. The average molecular weight is 150 g/mol. The fourth-order valence-corrected chi connectivity index (χ4v) is 0.781. The second-order valence-electron chi connectivity index (χ2n) is 2.86. The van der Waals surface area contributed by atoms with Crippen LogP contribution < -0.4 is 0 Å². The van der Waals surface area contributed by atoms with Crippen LogP contribution in [0.5, 0.6) is 0 Å². The summed E-state index contributed by atoms with van der Waals surface area (Å²) in [5.41, 5.74) is 4.16. The predicted octanol–water partition coefficient (Wildman–Crippen LogP) is 3.85. The van der Waals surface area contributed by atoms with Crippen molar-refractivity contribution in [1.82, 2.24) is 0 Å². The van der Waals surface area contributed by atoms with Gasteiger partial charge in [0, 0.05) is 0 Å². The van der Waals surface area contributed by atoms with Crippen LogP contribution in [0, 0.1) is 0 Å². The van der Waals surface area contributed by atoms with Crippen molar-refractivity contribution in [3.63, 3.8) is 0 Å². The van der Waals surface area contributed by atoms with E-state index in [1.807, 2.05) is 13.0 Å². The molecule has 0 spiro atoms. The van der Waals surface area contributed by atoms with Crippen LogP contribution in [0.2, 0.25) is 0 Å². The van der Waals surface area contributed by atoms with Crippen LogP contribution in [0.25, 0.3) is 0 Å². The van der Waals surface area contributed by atoms with Gasteiger partial charge in [0.25, 0.3) is 0 Å². The first-order valence-electron chi connectivity index (χ1n) is 4.33. The zero-order valence-corrected chi connectivity index (χ0v) is 7.69. The van der Waals surface area contributed by atoms with Gasteiger partial charge in [-0.25, -0.2) is 0 Å². The van der Waals surface area contributed by atoms with Gasteiger partial charge in [0.1, 0.15) is 0 Å². The van der Waals surface area contributed by atoms with Gasteiger partial charge in [-0.1, -0.05) is 31.9 Å². The van der Waals surface area contributed by atoms with E-state index in [1.54, 1.807) is 0 Å². The fourth-order valence-electron chi connectivity index (χ4n) is 0.781. The first-order valence-corrected chi connectivity index (χ1v) is 4.33. The summed E-state index contributed by atoms with van der Waals surface area (Å²) in [5.74, 6) is 0. The molecule has 0 aliphatic heterocycles. The van der Waals surface area contributed by atoms with Crippen LogP contribution in [0.1, 0.15) is 39.5 Å². The maximum absolute atomic E-state index is 3.75. The van der Waals surface area contributed by atoms with Crippen molar-refractivity contribution in [3.8, 4) is 0 Å². The van der Waals surface area contributed by atoms with Crippen LogP contribution in [-0.4, -0.2) is 0 Å². The summed E-state index contributed by atoms with van der Waals surface area (Å²) in [7, 11) is 0. The number of unbranched alkanes of at least 4 members (excludes halogenated alkanes) is 3. The highest BCUT2D eigenvalue weighted by molar-refractivity contribution is 5.10. The number of allylic oxidation sites excluding steroid dienone is 2. The van der Waals surface area contributed by atoms with Gasteiger partial charge >= 0.3 is 0 Å². The van der Waals surface area contributed by atoms with Gasteiger partial charge in [0.2, 0.25) is 0 Å². The molecule has 0 nitrogen and oxygen atoms in total. The van der Waals surface area contributed by atoms with Gasteiger partial charge in [-0.3, -0.25) is 0 Å². The minimum atomic E-state index is 1.07. The summed E-state index contributed by atoms with van der Waals surface area (Å²) >= 11 is 0. The van der Waals surface area contributed by atoms with Gasteiger partial charge in [0.05, 0.1) is 0 Å². The fraction of sp³-hybridized carbons (Fsp3) is 0.545. The molecule has 0 bridgehead atoms. The SMILES string of the molecule is C=C(C)C=C=CCCCCC. The standard InChI is InChI=1S/C11H18/c1-4-5-6-7-8-9-10-11(2)3/h8,10H,2,4-7H2,1,3H3. The number of hydrogen-bond acceptors (Lipinski definition) is 0. The predicted molar refractivity (Wildman–Crippen MR) is 51.6 cm³/mol. The topological polar surface area (TPSA) is 0 Å². The van der Waals surface area contributed by atoms with Crippen molar-refractivity contribution in [2.75, 3.05) is 0 Å². The van der Waals surface area contributed by atoms with Crippen molar-refractivity contribution in [2.45, 2.75) is 39.5 Å². The molecule has 0 rings (SSSR count). The molecule has 0 fully saturated rings. The summed E-state index contributed by atoms with van der Waals surface area (Å²) < 4.78 is 0. The first kappa shape index (κ1) is 10.3. The molecule has 0 atom stereocenters. The Bertz CT molecular complexity index is 157. The van der Waals surface area contributed by atoms with Crippen LogP contribution in [0.15, 0.2) is 30.0 Å². The second kappa shape index (κ2) is 7.37. The van der Waals surface area contributed by atoms with E-state index < -0.39 is 0 Å². The minimum absolute atomic E-state index is 1.07. The van der Waals surface area contributed by atoms with Crippen molar-refractivity contribution in [1.29, 1.82) is 0 Å². The van der Waals surface area contributed by atoms with Crippen LogP contribution >= 0.6 is 0 Å². The summed E-state index contributed by atoms with van der Waals surface area (Å²) in [5, 5.41) is 0. The lowest BCUT2D eigenvalue weighted by Gasteiger charge is -1.88. The zero-order valence-electron chi connectivity index (χ0n) is 7.69. The molecule has 0 heteroatoms. The molecule has 0 radical (unpaired) electrons. The van der Waals surface area contributed by atoms with Gasteiger partial charge in [0.15, 0.2) is 0 Å². The molecule has 0 unspecified atom stereocenters. The minimum Gasteiger partial charge on any atom is -0.125 e.